The first kappa shape index (κ1) is 24.8. The van der Waals surface area contributed by atoms with Crippen molar-refractivity contribution in [3.63, 3.8) is 0 Å². The maximum atomic E-state index is 13.6. The first-order chi connectivity index (χ1) is 14.8. The fourth-order valence-electron chi connectivity index (χ4n) is 10.1. The molecule has 4 fully saturated rings. The molecule has 0 radical (unpaired) electrons. The summed E-state index contributed by atoms with van der Waals surface area (Å²) in [6, 6.07) is 0. The molecule has 0 aromatic rings. The molecule has 0 aliphatic heterocycles. The first-order valence-corrected chi connectivity index (χ1v) is 14.4. The average molecular weight is 443 g/mol. The van der Waals surface area contributed by atoms with E-state index in [1.807, 2.05) is 0 Å². The predicted octanol–water partition coefficient (Wildman–Crippen LogP) is 8.80. The lowest BCUT2D eigenvalue weighted by molar-refractivity contribution is -0.177. The lowest BCUT2D eigenvalue weighted by Gasteiger charge is -2.65. The van der Waals surface area contributed by atoms with Crippen molar-refractivity contribution in [3.8, 4) is 0 Å². The molecule has 4 aliphatic carbocycles. The SMILES string of the molecule is CC(C)CC[C@@H](C)[C@@H](C)[C@H]1CC[C@@]2(C)C3CC(=O)[C@@H]4C[C@@H](C)[C@@H](C)C[C@]4(C)C3CC[C@]12C. The molecule has 32 heavy (non-hydrogen) atoms. The van der Waals surface area contributed by atoms with E-state index in [1.54, 1.807) is 0 Å². The number of hydrogen-bond donors (Lipinski definition) is 0. The summed E-state index contributed by atoms with van der Waals surface area (Å²) >= 11 is 0. The Balaban J connectivity index is 1.60. The summed E-state index contributed by atoms with van der Waals surface area (Å²) in [5, 5.41) is 0. The molecule has 0 heterocycles. The van der Waals surface area contributed by atoms with Crippen LogP contribution in [0.3, 0.4) is 0 Å². The molecule has 0 spiro atoms. The fraction of sp³-hybridized carbons (Fsp3) is 0.968. The zero-order valence-electron chi connectivity index (χ0n) is 23.0. The molecule has 1 heteroatoms. The quantitative estimate of drug-likeness (QED) is 0.415. The fourth-order valence-corrected chi connectivity index (χ4v) is 10.1. The van der Waals surface area contributed by atoms with E-state index in [9.17, 15) is 4.79 Å². The maximum Gasteiger partial charge on any atom is 0.136 e. The van der Waals surface area contributed by atoms with Crippen LogP contribution in [-0.4, -0.2) is 5.78 Å². The molecule has 0 N–H and O–H groups in total. The molecule has 2 unspecified atom stereocenters. The van der Waals surface area contributed by atoms with Crippen molar-refractivity contribution in [1.82, 2.24) is 0 Å². The zero-order chi connectivity index (χ0) is 23.6. The van der Waals surface area contributed by atoms with E-state index in [0.717, 1.165) is 48.3 Å². The number of ketones is 1. The summed E-state index contributed by atoms with van der Waals surface area (Å²) in [5.74, 6) is 7.11. The Morgan fingerprint density at radius 3 is 2.19 bits per heavy atom. The Labute approximate surface area is 200 Å². The monoisotopic (exact) mass is 442 g/mol. The Hall–Kier alpha value is -0.330. The molecule has 4 aliphatic rings. The van der Waals surface area contributed by atoms with Crippen LogP contribution >= 0.6 is 0 Å². The van der Waals surface area contributed by atoms with Gasteiger partial charge in [-0.2, -0.15) is 0 Å². The van der Waals surface area contributed by atoms with Gasteiger partial charge in [-0.25, -0.2) is 0 Å². The molecule has 1 nitrogen and oxygen atoms in total. The highest BCUT2D eigenvalue weighted by Gasteiger charge is 2.67. The van der Waals surface area contributed by atoms with Crippen molar-refractivity contribution in [2.24, 2.45) is 69.5 Å². The number of carbonyl (C=O) groups excluding carboxylic acids is 1. The minimum absolute atomic E-state index is 0.254. The van der Waals surface area contributed by atoms with Gasteiger partial charge in [-0.1, -0.05) is 75.2 Å². The second kappa shape index (κ2) is 8.41. The number of Topliss-reactive ketones (excluding diaryl/α,β-unsaturated/α-hetero) is 1. The van der Waals surface area contributed by atoms with Crippen molar-refractivity contribution in [2.75, 3.05) is 0 Å². The van der Waals surface area contributed by atoms with Crippen LogP contribution in [0, 0.1) is 69.5 Å². The third kappa shape index (κ3) is 3.57. The highest BCUT2D eigenvalue weighted by Crippen LogP contribution is 2.73. The molecule has 4 rings (SSSR count). The van der Waals surface area contributed by atoms with E-state index < -0.39 is 0 Å². The van der Waals surface area contributed by atoms with Crippen molar-refractivity contribution >= 4 is 5.78 Å². The van der Waals surface area contributed by atoms with Gasteiger partial charge in [0.2, 0.25) is 0 Å². The summed E-state index contributed by atoms with van der Waals surface area (Å²) in [6.45, 7) is 22.5. The smallest absolute Gasteiger partial charge is 0.136 e. The summed E-state index contributed by atoms with van der Waals surface area (Å²) in [5.41, 5.74) is 1.02. The van der Waals surface area contributed by atoms with Crippen molar-refractivity contribution in [3.05, 3.63) is 0 Å². The van der Waals surface area contributed by atoms with Crippen molar-refractivity contribution in [2.45, 2.75) is 120 Å². The molecule has 11 atom stereocenters. The van der Waals surface area contributed by atoms with Gasteiger partial charge in [0, 0.05) is 12.3 Å². The molecule has 0 bridgehead atoms. The molecular formula is C31H54O. The van der Waals surface area contributed by atoms with Gasteiger partial charge < -0.3 is 0 Å². The van der Waals surface area contributed by atoms with Crippen LogP contribution in [0.25, 0.3) is 0 Å². The van der Waals surface area contributed by atoms with Crippen LogP contribution in [0.2, 0.25) is 0 Å². The van der Waals surface area contributed by atoms with Crippen LogP contribution in [0.4, 0.5) is 0 Å². The lowest BCUT2D eigenvalue weighted by Crippen LogP contribution is -2.60. The zero-order valence-corrected chi connectivity index (χ0v) is 23.0. The van der Waals surface area contributed by atoms with Gasteiger partial charge in [-0.3, -0.25) is 4.79 Å². The molecule has 0 aromatic heterocycles. The highest BCUT2D eigenvalue weighted by atomic mass is 16.1. The molecule has 4 saturated carbocycles. The number of rotatable bonds is 5. The van der Waals surface area contributed by atoms with Crippen LogP contribution in [0.15, 0.2) is 0 Å². The minimum Gasteiger partial charge on any atom is -0.299 e. The topological polar surface area (TPSA) is 17.1 Å². The molecular weight excluding hydrogens is 388 g/mol. The largest absolute Gasteiger partial charge is 0.299 e. The van der Waals surface area contributed by atoms with E-state index in [4.69, 9.17) is 0 Å². The molecule has 0 saturated heterocycles. The van der Waals surface area contributed by atoms with E-state index in [1.165, 1.54) is 44.9 Å². The first-order valence-electron chi connectivity index (χ1n) is 14.4. The second-order valence-electron chi connectivity index (χ2n) is 14.7. The lowest BCUT2D eigenvalue weighted by atomic mass is 9.39. The van der Waals surface area contributed by atoms with Crippen LogP contribution < -0.4 is 0 Å². The van der Waals surface area contributed by atoms with Gasteiger partial charge in [0.25, 0.3) is 0 Å². The van der Waals surface area contributed by atoms with Crippen molar-refractivity contribution in [1.29, 1.82) is 0 Å². The molecule has 0 amide bonds. The summed E-state index contributed by atoms with van der Waals surface area (Å²) in [6.07, 6.45) is 11.6. The summed E-state index contributed by atoms with van der Waals surface area (Å²) in [7, 11) is 0. The standard InChI is InChI=1S/C31H54O/c1-19(2)10-11-20(3)23(6)24-12-14-31(9)26-17-28(32)27-16-21(4)22(5)18-29(27,7)25(26)13-15-30(24,31)8/h19-27H,10-18H2,1-9H3/t20-,21-,22+,23-,24-,25?,26?,27+,29-,30-,31+/m1/s1. The number of fused-ring (bicyclic) bond motifs is 5. The second-order valence-corrected chi connectivity index (χ2v) is 14.7. The van der Waals surface area contributed by atoms with E-state index in [0.29, 0.717) is 34.4 Å². The van der Waals surface area contributed by atoms with Gasteiger partial charge in [0.05, 0.1) is 0 Å². The van der Waals surface area contributed by atoms with E-state index in [-0.39, 0.29) is 5.41 Å². The molecule has 184 valence electrons. The highest BCUT2D eigenvalue weighted by molar-refractivity contribution is 5.83. The third-order valence-electron chi connectivity index (χ3n) is 12.9. The number of carbonyl (C=O) groups is 1. The van der Waals surface area contributed by atoms with Gasteiger partial charge >= 0.3 is 0 Å². The van der Waals surface area contributed by atoms with Gasteiger partial charge in [-0.15, -0.1) is 0 Å². The Kier molecular flexibility index (Phi) is 6.51. The Bertz CT molecular complexity index is 709. The van der Waals surface area contributed by atoms with Gasteiger partial charge in [-0.05, 0) is 102 Å². The summed E-state index contributed by atoms with van der Waals surface area (Å²) in [4.78, 5) is 13.6. The van der Waals surface area contributed by atoms with Gasteiger partial charge in [0.15, 0.2) is 0 Å². The minimum atomic E-state index is 0.254. The molecule has 0 aromatic carbocycles. The van der Waals surface area contributed by atoms with Crippen molar-refractivity contribution < 1.29 is 4.79 Å². The van der Waals surface area contributed by atoms with E-state index in [2.05, 4.69) is 62.3 Å². The van der Waals surface area contributed by atoms with E-state index >= 15 is 0 Å². The number of hydrogen-bond acceptors (Lipinski definition) is 1. The van der Waals surface area contributed by atoms with Crippen LogP contribution in [0.5, 0.6) is 0 Å². The predicted molar refractivity (Wildman–Crippen MR) is 136 cm³/mol. The summed E-state index contributed by atoms with van der Waals surface area (Å²) < 4.78 is 0. The third-order valence-corrected chi connectivity index (χ3v) is 12.9. The Morgan fingerprint density at radius 2 is 1.53 bits per heavy atom. The average Bonchev–Trinajstić information content (AvgIpc) is 2.99. The van der Waals surface area contributed by atoms with Crippen LogP contribution in [-0.2, 0) is 4.79 Å². The van der Waals surface area contributed by atoms with Crippen LogP contribution in [0.1, 0.15) is 120 Å². The maximum absolute atomic E-state index is 13.6. The Morgan fingerprint density at radius 1 is 0.875 bits per heavy atom. The van der Waals surface area contributed by atoms with Gasteiger partial charge in [0.1, 0.15) is 5.78 Å². The normalized spacial score (nSPS) is 50.5.